The van der Waals surface area contributed by atoms with E-state index >= 15 is 0 Å². The lowest BCUT2D eigenvalue weighted by atomic mass is 10.5. The summed E-state index contributed by atoms with van der Waals surface area (Å²) in [4.78, 5) is 23.1. The minimum absolute atomic E-state index is 0.226. The van der Waals surface area contributed by atoms with Gasteiger partial charge in [-0.25, -0.2) is 4.79 Å². The summed E-state index contributed by atoms with van der Waals surface area (Å²) in [5.74, 6) is 2.70. The zero-order valence-electron chi connectivity index (χ0n) is 10.5. The number of nitrogens with zero attached hydrogens (tertiary/aromatic N) is 3. The van der Waals surface area contributed by atoms with Crippen LogP contribution in [0.4, 0.5) is 4.79 Å². The zero-order chi connectivity index (χ0) is 14.5. The van der Waals surface area contributed by atoms with Crippen molar-refractivity contribution in [1.82, 2.24) is 9.91 Å². The van der Waals surface area contributed by atoms with Gasteiger partial charge in [0.1, 0.15) is 0 Å². The number of primary amides is 1. The van der Waals surface area contributed by atoms with Crippen LogP contribution in [0, 0.1) is 4.91 Å². The van der Waals surface area contributed by atoms with E-state index in [2.05, 4.69) is 10.2 Å². The lowest BCUT2D eigenvalue weighted by Gasteiger charge is -2.19. The fraction of sp³-hybridized carbons (Fsp3) is 0.889. The topological polar surface area (TPSA) is 79.0 Å². The number of hydrogen-bond donors (Lipinski definition) is 1. The van der Waals surface area contributed by atoms with Gasteiger partial charge in [0.2, 0.25) is 0 Å². The summed E-state index contributed by atoms with van der Waals surface area (Å²) in [6, 6.07) is -0.823. The second kappa shape index (κ2) is 13.1. The Labute approximate surface area is 131 Å². The molecule has 0 aliphatic heterocycles. The number of amides is 2. The molecule has 0 heterocycles. The number of carbonyl (C=O) groups excluding carboxylic acids is 1. The van der Waals surface area contributed by atoms with Crippen molar-refractivity contribution in [3.8, 4) is 0 Å². The van der Waals surface area contributed by atoms with Crippen LogP contribution < -0.4 is 5.73 Å². The largest absolute Gasteiger partial charge is 0.350 e. The first-order chi connectivity index (χ1) is 9.15. The van der Waals surface area contributed by atoms with Crippen molar-refractivity contribution in [2.75, 3.05) is 49.4 Å². The van der Waals surface area contributed by atoms with Gasteiger partial charge < -0.3 is 10.6 Å². The van der Waals surface area contributed by atoms with Crippen molar-refractivity contribution in [3.63, 3.8) is 0 Å². The van der Waals surface area contributed by atoms with Crippen LogP contribution in [0.2, 0.25) is 0 Å². The highest BCUT2D eigenvalue weighted by atomic mass is 35.5. The van der Waals surface area contributed by atoms with Gasteiger partial charge in [0.25, 0.3) is 0 Å². The van der Waals surface area contributed by atoms with E-state index in [1.54, 1.807) is 21.6 Å². The highest BCUT2D eigenvalue weighted by Crippen LogP contribution is 2.21. The number of nitroso groups, excluding NO2 is 1. The fourth-order valence-corrected chi connectivity index (χ4v) is 3.62. The van der Waals surface area contributed by atoms with Crippen LogP contribution in [0.3, 0.4) is 0 Å². The molecule has 0 aromatic rings. The molecule has 0 saturated carbocycles. The molecule has 0 spiro atoms. The molecule has 0 aliphatic carbocycles. The molecule has 19 heavy (non-hydrogen) atoms. The van der Waals surface area contributed by atoms with Crippen LogP contribution in [-0.4, -0.2) is 65.4 Å². The molecule has 0 aromatic heterocycles. The monoisotopic (exact) mass is 348 g/mol. The Morgan fingerprint density at radius 3 is 2.00 bits per heavy atom. The van der Waals surface area contributed by atoms with Gasteiger partial charge >= 0.3 is 6.03 Å². The number of carbonyl (C=O) groups is 1. The van der Waals surface area contributed by atoms with Crippen LogP contribution >= 0.6 is 44.8 Å². The predicted octanol–water partition coefficient (Wildman–Crippen LogP) is 2.21. The van der Waals surface area contributed by atoms with Crippen molar-refractivity contribution >= 4 is 50.8 Å². The second-order valence-electron chi connectivity index (χ2n) is 3.41. The van der Waals surface area contributed by atoms with Crippen molar-refractivity contribution in [2.45, 2.75) is 0 Å². The molecule has 0 fully saturated rings. The van der Waals surface area contributed by atoms with Crippen molar-refractivity contribution in [2.24, 2.45) is 11.0 Å². The van der Waals surface area contributed by atoms with E-state index in [1.165, 1.54) is 0 Å². The number of alkyl halides is 2. The van der Waals surface area contributed by atoms with Gasteiger partial charge in [-0.1, -0.05) is 21.6 Å². The van der Waals surface area contributed by atoms with Crippen LogP contribution in [0.5, 0.6) is 0 Å². The molecule has 2 amide bonds. The molecular weight excluding hydrogens is 331 g/mol. The maximum Gasteiger partial charge on any atom is 0.337 e. The molecule has 0 aromatic carbocycles. The van der Waals surface area contributed by atoms with E-state index in [0.29, 0.717) is 22.5 Å². The van der Waals surface area contributed by atoms with Crippen molar-refractivity contribution in [3.05, 3.63) is 4.91 Å². The Morgan fingerprint density at radius 1 is 1.05 bits per heavy atom. The Kier molecular flexibility index (Phi) is 13.2. The Morgan fingerprint density at radius 2 is 1.58 bits per heavy atom. The van der Waals surface area contributed by atoms with E-state index < -0.39 is 6.03 Å². The molecule has 10 heteroatoms. The third kappa shape index (κ3) is 10.5. The Balaban J connectivity index is 3.57. The molecule has 0 aliphatic rings. The predicted molar refractivity (Wildman–Crippen MR) is 84.9 cm³/mol. The molecule has 112 valence electrons. The van der Waals surface area contributed by atoms with Gasteiger partial charge in [-0.2, -0.15) is 5.01 Å². The molecular formula is C9H18Cl2N4O2S2. The van der Waals surface area contributed by atoms with E-state index in [1.807, 2.05) is 0 Å². The first-order valence-electron chi connectivity index (χ1n) is 5.64. The number of rotatable bonds is 12. The van der Waals surface area contributed by atoms with Crippen molar-refractivity contribution < 1.29 is 4.79 Å². The summed E-state index contributed by atoms with van der Waals surface area (Å²) in [5, 5.41) is 3.24. The van der Waals surface area contributed by atoms with E-state index in [0.717, 1.165) is 25.4 Å². The van der Waals surface area contributed by atoms with Crippen molar-refractivity contribution in [1.29, 1.82) is 0 Å². The first-order valence-corrected chi connectivity index (χ1v) is 9.20. The Hall–Kier alpha value is 0.110. The number of nitrogens with two attached hydrogens (primary N) is 1. The highest BCUT2D eigenvalue weighted by Gasteiger charge is 2.09. The van der Waals surface area contributed by atoms with Gasteiger partial charge in [0.15, 0.2) is 0 Å². The minimum Gasteiger partial charge on any atom is -0.350 e. The van der Waals surface area contributed by atoms with Gasteiger partial charge in [-0.05, 0) is 0 Å². The summed E-state index contributed by atoms with van der Waals surface area (Å²) >= 11 is 11.4. The van der Waals surface area contributed by atoms with E-state index in [-0.39, 0.29) is 6.54 Å². The quantitative estimate of drug-likeness (QED) is 0.192. The lowest BCUT2D eigenvalue weighted by Crippen LogP contribution is -2.32. The molecule has 0 radical (unpaired) electrons. The molecule has 0 saturated heterocycles. The standard InChI is InChI=1S/C9H18Cl2N4O2S2/c10-1-3-14(4-2-11)5-7-18-19-8-6-15(13-17)9(12)16/h1-8H2,(H2,12,16). The van der Waals surface area contributed by atoms with Crippen LogP contribution in [-0.2, 0) is 0 Å². The maximum atomic E-state index is 10.7. The zero-order valence-corrected chi connectivity index (χ0v) is 13.6. The molecule has 2 N–H and O–H groups in total. The van der Waals surface area contributed by atoms with E-state index in [4.69, 9.17) is 28.9 Å². The summed E-state index contributed by atoms with van der Waals surface area (Å²) in [6.07, 6.45) is 0. The lowest BCUT2D eigenvalue weighted by molar-refractivity contribution is 0.212. The number of halogens is 2. The second-order valence-corrected chi connectivity index (χ2v) is 6.86. The molecule has 0 bridgehead atoms. The maximum absolute atomic E-state index is 10.7. The van der Waals surface area contributed by atoms with Gasteiger partial charge in [-0.15, -0.1) is 28.1 Å². The number of urea groups is 1. The molecule has 0 unspecified atom stereocenters. The van der Waals surface area contributed by atoms with Gasteiger partial charge in [-0.3, -0.25) is 0 Å². The minimum atomic E-state index is -0.823. The number of hydrogen-bond acceptors (Lipinski definition) is 6. The average molecular weight is 349 g/mol. The summed E-state index contributed by atoms with van der Waals surface area (Å²) in [6.45, 7) is 2.78. The third-order valence-electron chi connectivity index (χ3n) is 2.12. The third-order valence-corrected chi connectivity index (χ3v) is 4.82. The fourth-order valence-electron chi connectivity index (χ4n) is 1.17. The van der Waals surface area contributed by atoms with Gasteiger partial charge in [0.05, 0.1) is 11.8 Å². The SMILES string of the molecule is NC(=O)N(CCSSCCN(CCCl)CCCl)N=O. The van der Waals surface area contributed by atoms with E-state index in [9.17, 15) is 9.70 Å². The van der Waals surface area contributed by atoms with Crippen LogP contribution in [0.1, 0.15) is 0 Å². The summed E-state index contributed by atoms with van der Waals surface area (Å²) < 4.78 is 0. The first kappa shape index (κ1) is 19.1. The van der Waals surface area contributed by atoms with Crippen LogP contribution in [0.15, 0.2) is 5.29 Å². The smallest absolute Gasteiger partial charge is 0.337 e. The molecule has 0 atom stereocenters. The summed E-state index contributed by atoms with van der Waals surface area (Å²) in [7, 11) is 3.23. The Bertz CT molecular complexity index is 258. The average Bonchev–Trinajstić information content (AvgIpc) is 2.37. The van der Waals surface area contributed by atoms with Gasteiger partial charge in [0, 0.05) is 42.9 Å². The summed E-state index contributed by atoms with van der Waals surface area (Å²) in [5.41, 5.74) is 4.94. The molecule has 6 nitrogen and oxygen atoms in total. The normalized spacial score (nSPS) is 10.7. The molecule has 0 rings (SSSR count). The van der Waals surface area contributed by atoms with Crippen LogP contribution in [0.25, 0.3) is 0 Å². The highest BCUT2D eigenvalue weighted by molar-refractivity contribution is 8.76.